The molecule has 1 saturated carbocycles. The summed E-state index contributed by atoms with van der Waals surface area (Å²) in [5, 5.41) is 32.5. The Morgan fingerprint density at radius 3 is 2.38 bits per heavy atom. The Balaban J connectivity index is 2.07. The highest BCUT2D eigenvalue weighted by Gasteiger charge is 2.77. The Hall–Kier alpha value is -3.97. The van der Waals surface area contributed by atoms with Gasteiger partial charge in [0.2, 0.25) is 0 Å². The maximum absolute atomic E-state index is 13.5. The monoisotopic (exact) mass is 384 g/mol. The molecule has 0 spiro atoms. The van der Waals surface area contributed by atoms with Crippen molar-refractivity contribution in [3.05, 3.63) is 88.5 Å². The molecule has 29 heavy (non-hydrogen) atoms. The summed E-state index contributed by atoms with van der Waals surface area (Å²) in [7, 11) is 0. The fourth-order valence-corrected chi connectivity index (χ4v) is 4.90. The van der Waals surface area contributed by atoms with Gasteiger partial charge in [0.05, 0.1) is 29.3 Å². The van der Waals surface area contributed by atoms with Crippen LogP contribution in [-0.2, 0) is 5.54 Å². The number of rotatable bonds is 3. The van der Waals surface area contributed by atoms with Crippen LogP contribution in [0.5, 0.6) is 0 Å². The first-order valence-electron chi connectivity index (χ1n) is 9.05. The average molecular weight is 384 g/mol. The molecule has 1 heterocycles. The molecule has 7 nitrogen and oxygen atoms in total. The van der Waals surface area contributed by atoms with Crippen molar-refractivity contribution >= 4 is 11.6 Å². The van der Waals surface area contributed by atoms with E-state index in [1.54, 1.807) is 54.6 Å². The summed E-state index contributed by atoms with van der Waals surface area (Å²) >= 11 is 0. The molecule has 0 bridgehead atoms. The number of nitrogens with zero attached hydrogens (tertiary/aromatic N) is 4. The van der Waals surface area contributed by atoms with Gasteiger partial charge in [-0.05, 0) is 30.7 Å². The van der Waals surface area contributed by atoms with E-state index in [1.165, 1.54) is 11.0 Å². The Bertz CT molecular complexity index is 1100. The van der Waals surface area contributed by atoms with Gasteiger partial charge in [-0.25, -0.2) is 0 Å². The van der Waals surface area contributed by atoms with Gasteiger partial charge in [-0.1, -0.05) is 36.4 Å². The smallest absolute Gasteiger partial charge is 0.278 e. The fourth-order valence-electron chi connectivity index (χ4n) is 4.90. The third kappa shape index (κ3) is 2.13. The van der Waals surface area contributed by atoms with Gasteiger partial charge in [0, 0.05) is 10.5 Å². The lowest BCUT2D eigenvalue weighted by molar-refractivity contribution is -0.585. The van der Waals surface area contributed by atoms with Crippen molar-refractivity contribution in [1.82, 2.24) is 0 Å². The number of benzene rings is 2. The first-order valence-corrected chi connectivity index (χ1v) is 9.05. The van der Waals surface area contributed by atoms with Crippen LogP contribution in [0.1, 0.15) is 22.3 Å². The zero-order chi connectivity index (χ0) is 20.8. The van der Waals surface area contributed by atoms with Crippen molar-refractivity contribution in [1.29, 1.82) is 10.5 Å². The van der Waals surface area contributed by atoms with Gasteiger partial charge in [-0.15, -0.1) is 6.58 Å². The van der Waals surface area contributed by atoms with Crippen molar-refractivity contribution in [3.8, 4) is 12.1 Å². The number of para-hydroxylation sites is 1. The van der Waals surface area contributed by atoms with E-state index in [0.29, 0.717) is 16.8 Å². The van der Waals surface area contributed by atoms with Gasteiger partial charge in [-0.2, -0.15) is 10.5 Å². The first-order chi connectivity index (χ1) is 14.0. The van der Waals surface area contributed by atoms with Gasteiger partial charge in [0.25, 0.3) is 11.4 Å². The van der Waals surface area contributed by atoms with Gasteiger partial charge < -0.3 is 0 Å². The van der Waals surface area contributed by atoms with Crippen molar-refractivity contribution in [3.63, 3.8) is 0 Å². The van der Waals surface area contributed by atoms with Crippen LogP contribution in [0.4, 0.5) is 5.69 Å². The number of fused-ring (bicyclic) bond motifs is 3. The number of nitro groups is 1. The predicted molar refractivity (Wildman–Crippen MR) is 104 cm³/mol. The molecule has 0 saturated heterocycles. The largest absolute Gasteiger partial charge is 0.294 e. The zero-order valence-corrected chi connectivity index (χ0v) is 15.4. The molecule has 1 aliphatic carbocycles. The molecule has 1 amide bonds. The minimum absolute atomic E-state index is 0.0674. The summed E-state index contributed by atoms with van der Waals surface area (Å²) in [5.74, 6) is -1.26. The molecule has 0 N–H and O–H groups in total. The van der Waals surface area contributed by atoms with Gasteiger partial charge in [0.1, 0.15) is 6.04 Å². The van der Waals surface area contributed by atoms with Crippen molar-refractivity contribution in [2.45, 2.75) is 18.0 Å². The highest BCUT2D eigenvalue weighted by Crippen LogP contribution is 2.63. The lowest BCUT2D eigenvalue weighted by atomic mass is 9.78. The van der Waals surface area contributed by atoms with Crippen LogP contribution in [0.25, 0.3) is 0 Å². The highest BCUT2D eigenvalue weighted by molar-refractivity contribution is 6.08. The molecule has 2 aromatic rings. The number of anilines is 1. The molecule has 4 rings (SSSR count). The summed E-state index contributed by atoms with van der Waals surface area (Å²) < 4.78 is 0. The maximum atomic E-state index is 13.5. The van der Waals surface area contributed by atoms with E-state index in [4.69, 9.17) is 0 Å². The molecular weight excluding hydrogens is 368 g/mol. The second-order valence-electron chi connectivity index (χ2n) is 7.28. The number of hydrogen-bond donors (Lipinski definition) is 0. The lowest BCUT2D eigenvalue weighted by Gasteiger charge is -2.32. The van der Waals surface area contributed by atoms with Gasteiger partial charge in [0.15, 0.2) is 5.41 Å². The number of carbonyl (C=O) groups is 1. The lowest BCUT2D eigenvalue weighted by Crippen LogP contribution is -2.55. The summed E-state index contributed by atoms with van der Waals surface area (Å²) in [4.78, 5) is 26.9. The molecule has 3 atom stereocenters. The molecule has 0 radical (unpaired) electrons. The third-order valence-electron chi connectivity index (χ3n) is 6.07. The topological polar surface area (TPSA) is 111 Å². The Labute approximate surface area is 167 Å². The summed E-state index contributed by atoms with van der Waals surface area (Å²) in [6, 6.07) is 17.7. The van der Waals surface area contributed by atoms with Gasteiger partial charge in [-0.3, -0.25) is 19.8 Å². The molecule has 7 heteroatoms. The van der Waals surface area contributed by atoms with Crippen LogP contribution >= 0.6 is 0 Å². The van der Waals surface area contributed by atoms with E-state index >= 15 is 0 Å². The summed E-state index contributed by atoms with van der Waals surface area (Å²) in [5.41, 5.74) is -2.54. The minimum Gasteiger partial charge on any atom is -0.294 e. The van der Waals surface area contributed by atoms with E-state index in [2.05, 4.69) is 6.58 Å². The van der Waals surface area contributed by atoms with E-state index in [0.717, 1.165) is 0 Å². The standard InChI is InChI=1S/C22H16N4O3/c1-2-16-12-21(13-23,14-24)20-22(16,26(28)29)17-10-6-7-11-18(17)25(20)19(27)15-8-4-3-5-9-15/h2-11,16,20H,1,12H2/t16-,20-,22+/m0/s1. The van der Waals surface area contributed by atoms with Crippen LogP contribution in [0.15, 0.2) is 67.3 Å². The molecule has 1 fully saturated rings. The summed E-state index contributed by atoms with van der Waals surface area (Å²) in [6.45, 7) is 3.74. The molecular formula is C22H16N4O3. The van der Waals surface area contributed by atoms with E-state index in [-0.39, 0.29) is 6.42 Å². The van der Waals surface area contributed by atoms with Crippen molar-refractivity contribution in [2.75, 3.05) is 4.90 Å². The number of hydrogen-bond acceptors (Lipinski definition) is 5. The van der Waals surface area contributed by atoms with Gasteiger partial charge >= 0.3 is 0 Å². The van der Waals surface area contributed by atoms with E-state index in [9.17, 15) is 25.4 Å². The Morgan fingerprint density at radius 1 is 1.17 bits per heavy atom. The molecule has 2 aromatic carbocycles. The zero-order valence-electron chi connectivity index (χ0n) is 15.4. The van der Waals surface area contributed by atoms with E-state index in [1.807, 2.05) is 12.1 Å². The van der Waals surface area contributed by atoms with Crippen molar-refractivity contribution < 1.29 is 9.72 Å². The van der Waals surface area contributed by atoms with Crippen molar-refractivity contribution in [2.24, 2.45) is 11.3 Å². The number of nitriles is 2. The van der Waals surface area contributed by atoms with E-state index < -0.39 is 33.7 Å². The first kappa shape index (κ1) is 18.4. The SMILES string of the molecule is C=C[C@H]1CC(C#N)(C#N)[C@@H]2N(C(=O)c3ccccc3)c3ccccc3[C@]12[N+](=O)[O-]. The fraction of sp³-hybridized carbons (Fsp3) is 0.227. The van der Waals surface area contributed by atoms with Crippen LogP contribution in [0.3, 0.4) is 0 Å². The predicted octanol–water partition coefficient (Wildman–Crippen LogP) is 3.43. The third-order valence-corrected chi connectivity index (χ3v) is 6.07. The second-order valence-corrected chi connectivity index (χ2v) is 7.28. The number of carbonyl (C=O) groups excluding carboxylic acids is 1. The van der Waals surface area contributed by atoms with Crippen LogP contribution in [0.2, 0.25) is 0 Å². The molecule has 0 aromatic heterocycles. The Kier molecular flexibility index (Phi) is 3.99. The minimum atomic E-state index is -1.81. The van der Waals surface area contributed by atoms with Crippen LogP contribution in [-0.4, -0.2) is 16.9 Å². The van der Waals surface area contributed by atoms with Crippen LogP contribution < -0.4 is 4.90 Å². The Morgan fingerprint density at radius 2 is 1.79 bits per heavy atom. The highest BCUT2D eigenvalue weighted by atomic mass is 16.6. The molecule has 2 aliphatic rings. The average Bonchev–Trinajstić information content (AvgIpc) is 3.23. The maximum Gasteiger partial charge on any atom is 0.278 e. The quantitative estimate of drug-likeness (QED) is 0.457. The molecule has 1 aliphatic heterocycles. The molecule has 142 valence electrons. The second kappa shape index (κ2) is 6.29. The normalized spacial score (nSPS) is 25.9. The van der Waals surface area contributed by atoms with Crippen LogP contribution in [0, 0.1) is 44.1 Å². The number of amides is 1. The summed E-state index contributed by atoms with van der Waals surface area (Å²) in [6.07, 6.45) is 1.36. The molecule has 0 unspecified atom stereocenters.